The van der Waals surface area contributed by atoms with Gasteiger partial charge in [-0.1, -0.05) is 0 Å². The molecule has 1 amide bonds. The lowest BCUT2D eigenvalue weighted by molar-refractivity contribution is -0.137. The third-order valence-electron chi connectivity index (χ3n) is 2.28. The van der Waals surface area contributed by atoms with Crippen LogP contribution in [0.25, 0.3) is 0 Å². The van der Waals surface area contributed by atoms with Gasteiger partial charge in [0.05, 0.1) is 5.75 Å². The van der Waals surface area contributed by atoms with Crippen molar-refractivity contribution >= 4 is 23.6 Å². The fraction of sp³-hybridized carbons (Fsp3) is 0.500. The number of amides is 1. The highest BCUT2D eigenvalue weighted by atomic mass is 32.2. The molecule has 0 bridgehead atoms. The molecule has 0 saturated carbocycles. The number of thioether (sulfide) groups is 1. The van der Waals surface area contributed by atoms with Crippen LogP contribution in [0, 0.1) is 0 Å². The van der Waals surface area contributed by atoms with Crippen LogP contribution in [0.15, 0.2) is 16.5 Å². The number of hydrogen-bond donors (Lipinski definition) is 2. The zero-order chi connectivity index (χ0) is 13.4. The lowest BCUT2D eigenvalue weighted by Crippen LogP contribution is -2.24. The molecule has 1 aromatic heterocycles. The van der Waals surface area contributed by atoms with Gasteiger partial charge in [-0.05, 0) is 31.2 Å². The lowest BCUT2D eigenvalue weighted by atomic mass is 10.2. The van der Waals surface area contributed by atoms with E-state index in [0.29, 0.717) is 25.1 Å². The first-order valence-electron chi connectivity index (χ1n) is 5.71. The maximum atomic E-state index is 11.6. The van der Waals surface area contributed by atoms with E-state index in [1.165, 1.54) is 0 Å². The van der Waals surface area contributed by atoms with E-state index in [2.05, 4.69) is 5.32 Å². The van der Waals surface area contributed by atoms with E-state index < -0.39 is 5.97 Å². The largest absolute Gasteiger partial charge is 0.481 e. The number of carboxylic acids is 1. The number of carbonyl (C=O) groups is 2. The summed E-state index contributed by atoms with van der Waals surface area (Å²) >= 11 is 1.63. The van der Waals surface area contributed by atoms with Gasteiger partial charge in [-0.25, -0.2) is 0 Å². The minimum atomic E-state index is -0.811. The Morgan fingerprint density at radius 3 is 2.83 bits per heavy atom. The molecule has 1 heterocycles. The normalized spacial score (nSPS) is 10.3. The van der Waals surface area contributed by atoms with Crippen LogP contribution in [0.5, 0.6) is 0 Å². The number of carboxylic acid groups (broad SMARTS) is 1. The summed E-state index contributed by atoms with van der Waals surface area (Å²) in [7, 11) is 0. The molecule has 0 saturated heterocycles. The first-order chi connectivity index (χ1) is 8.63. The molecular formula is C12H17NO4S. The summed E-state index contributed by atoms with van der Waals surface area (Å²) in [5.74, 6) is 0.758. The van der Waals surface area contributed by atoms with Gasteiger partial charge in [0, 0.05) is 13.0 Å². The fourth-order valence-electron chi connectivity index (χ4n) is 1.41. The summed E-state index contributed by atoms with van der Waals surface area (Å²) in [5.41, 5.74) is 0. The van der Waals surface area contributed by atoms with E-state index in [9.17, 15) is 9.59 Å². The highest BCUT2D eigenvalue weighted by Crippen LogP contribution is 2.13. The zero-order valence-electron chi connectivity index (χ0n) is 10.3. The minimum Gasteiger partial charge on any atom is -0.481 e. The Morgan fingerprint density at radius 1 is 1.39 bits per heavy atom. The van der Waals surface area contributed by atoms with Crippen LogP contribution < -0.4 is 5.32 Å². The number of rotatable bonds is 8. The Balaban J connectivity index is 2.25. The molecule has 2 N–H and O–H groups in total. The highest BCUT2D eigenvalue weighted by Gasteiger charge is 2.10. The van der Waals surface area contributed by atoms with E-state index in [0.717, 1.165) is 11.5 Å². The van der Waals surface area contributed by atoms with Crippen molar-refractivity contribution in [1.29, 1.82) is 0 Å². The Bertz CT molecular complexity index is 403. The first kappa shape index (κ1) is 14.6. The summed E-state index contributed by atoms with van der Waals surface area (Å²) in [6.07, 6.45) is 3.31. The number of unbranched alkanes of at least 4 members (excludes halogenated alkanes) is 1. The van der Waals surface area contributed by atoms with Gasteiger partial charge in [0.1, 0.15) is 5.76 Å². The summed E-state index contributed by atoms with van der Waals surface area (Å²) in [5, 5.41) is 11.1. The zero-order valence-corrected chi connectivity index (χ0v) is 11.1. The second-order valence-electron chi connectivity index (χ2n) is 3.81. The monoisotopic (exact) mass is 271 g/mol. The molecule has 0 aliphatic heterocycles. The van der Waals surface area contributed by atoms with Crippen molar-refractivity contribution in [1.82, 2.24) is 5.32 Å². The van der Waals surface area contributed by atoms with Crippen LogP contribution >= 0.6 is 11.8 Å². The Morgan fingerprint density at radius 2 is 2.17 bits per heavy atom. The van der Waals surface area contributed by atoms with Crippen LogP contribution in [-0.4, -0.2) is 29.8 Å². The van der Waals surface area contributed by atoms with Gasteiger partial charge in [0.2, 0.25) is 0 Å². The van der Waals surface area contributed by atoms with Gasteiger partial charge < -0.3 is 14.8 Å². The van der Waals surface area contributed by atoms with Crippen LogP contribution in [0.2, 0.25) is 0 Å². The summed E-state index contributed by atoms with van der Waals surface area (Å²) in [4.78, 5) is 21.9. The van der Waals surface area contributed by atoms with Crippen LogP contribution in [-0.2, 0) is 10.5 Å². The van der Waals surface area contributed by atoms with Crippen LogP contribution in [0.4, 0.5) is 0 Å². The van der Waals surface area contributed by atoms with Crippen LogP contribution in [0.1, 0.15) is 35.6 Å². The van der Waals surface area contributed by atoms with Crippen molar-refractivity contribution in [3.05, 3.63) is 23.7 Å². The van der Waals surface area contributed by atoms with E-state index in [-0.39, 0.29) is 12.3 Å². The molecule has 0 aliphatic carbocycles. The fourth-order valence-corrected chi connectivity index (χ4v) is 1.85. The highest BCUT2D eigenvalue weighted by molar-refractivity contribution is 7.97. The molecule has 100 valence electrons. The van der Waals surface area contributed by atoms with Gasteiger partial charge in [0.25, 0.3) is 5.91 Å². The summed E-state index contributed by atoms with van der Waals surface area (Å²) in [6, 6.07) is 3.44. The standard InChI is InChI=1S/C12H17NO4S/c1-18-8-9-5-6-10(17-9)12(16)13-7-3-2-4-11(14)15/h5-6H,2-4,7-8H2,1H3,(H,13,16)(H,14,15). The Labute approximate surface area is 110 Å². The second kappa shape index (κ2) is 7.81. The maximum absolute atomic E-state index is 11.6. The van der Waals surface area contributed by atoms with Crippen molar-refractivity contribution in [3.63, 3.8) is 0 Å². The molecule has 18 heavy (non-hydrogen) atoms. The van der Waals surface area contributed by atoms with E-state index in [4.69, 9.17) is 9.52 Å². The van der Waals surface area contributed by atoms with Crippen molar-refractivity contribution in [2.24, 2.45) is 0 Å². The average Bonchev–Trinajstić information content (AvgIpc) is 2.77. The molecule has 0 aliphatic rings. The molecule has 6 heteroatoms. The van der Waals surface area contributed by atoms with Crippen LogP contribution in [0.3, 0.4) is 0 Å². The summed E-state index contributed by atoms with van der Waals surface area (Å²) < 4.78 is 5.35. The van der Waals surface area contributed by atoms with Gasteiger partial charge in [0.15, 0.2) is 5.76 Å². The predicted molar refractivity (Wildman–Crippen MR) is 69.7 cm³/mol. The topological polar surface area (TPSA) is 79.5 Å². The molecule has 0 spiro atoms. The number of hydrogen-bond acceptors (Lipinski definition) is 4. The van der Waals surface area contributed by atoms with Crippen molar-refractivity contribution in [2.75, 3.05) is 12.8 Å². The quantitative estimate of drug-likeness (QED) is 0.708. The molecule has 1 aromatic rings. The number of nitrogens with one attached hydrogen (secondary N) is 1. The predicted octanol–water partition coefficient (Wildman–Crippen LogP) is 2.13. The smallest absolute Gasteiger partial charge is 0.303 e. The molecule has 0 fully saturated rings. The van der Waals surface area contributed by atoms with E-state index >= 15 is 0 Å². The van der Waals surface area contributed by atoms with Gasteiger partial charge in [-0.15, -0.1) is 0 Å². The first-order valence-corrected chi connectivity index (χ1v) is 7.10. The molecule has 0 unspecified atom stereocenters. The summed E-state index contributed by atoms with van der Waals surface area (Å²) in [6.45, 7) is 0.463. The molecule has 0 aromatic carbocycles. The third kappa shape index (κ3) is 5.27. The molecule has 5 nitrogen and oxygen atoms in total. The van der Waals surface area contributed by atoms with Gasteiger partial charge >= 0.3 is 5.97 Å². The Hall–Kier alpha value is -1.43. The number of furan rings is 1. The molecule has 0 atom stereocenters. The van der Waals surface area contributed by atoms with Crippen molar-refractivity contribution in [2.45, 2.75) is 25.0 Å². The van der Waals surface area contributed by atoms with Gasteiger partial charge in [-0.3, -0.25) is 9.59 Å². The average molecular weight is 271 g/mol. The maximum Gasteiger partial charge on any atom is 0.303 e. The number of aliphatic carboxylic acids is 1. The minimum absolute atomic E-state index is 0.133. The van der Waals surface area contributed by atoms with E-state index in [1.54, 1.807) is 23.9 Å². The lowest BCUT2D eigenvalue weighted by Gasteiger charge is -2.02. The SMILES string of the molecule is CSCc1ccc(C(=O)NCCCCC(=O)O)o1. The number of carbonyl (C=O) groups excluding carboxylic acids is 1. The third-order valence-corrected chi connectivity index (χ3v) is 2.85. The van der Waals surface area contributed by atoms with Gasteiger partial charge in [-0.2, -0.15) is 11.8 Å². The molecule has 1 rings (SSSR count). The van der Waals surface area contributed by atoms with E-state index in [1.807, 2.05) is 6.26 Å². The van der Waals surface area contributed by atoms with Crippen molar-refractivity contribution in [3.8, 4) is 0 Å². The van der Waals surface area contributed by atoms with Crippen molar-refractivity contribution < 1.29 is 19.1 Å². The molecular weight excluding hydrogens is 254 g/mol. The molecule has 0 radical (unpaired) electrons. The second-order valence-corrected chi connectivity index (χ2v) is 4.67. The Kier molecular flexibility index (Phi) is 6.35.